The highest BCUT2D eigenvalue weighted by molar-refractivity contribution is 6.32. The summed E-state index contributed by atoms with van der Waals surface area (Å²) >= 11 is 5.79. The molecule has 0 aliphatic carbocycles. The number of nitrogens with zero attached hydrogens (tertiary/aromatic N) is 1. The van der Waals surface area contributed by atoms with Crippen LogP contribution in [-0.2, 0) is 9.53 Å². The molecule has 1 heterocycles. The standard InChI is InChI=1S/C12H11ClFN3O2/c13-8-4-10(9(14)3-7(8)5-15)17-12(18)11-6-16-1-2-19-11/h3-4,11,16H,1-2,6H2,(H,17,18)/t11-/m1/s1. The third kappa shape index (κ3) is 3.20. The molecule has 0 spiro atoms. The Bertz CT molecular complexity index is 539. The second-order valence-corrected chi connectivity index (χ2v) is 4.38. The third-order valence-electron chi connectivity index (χ3n) is 2.66. The lowest BCUT2D eigenvalue weighted by Crippen LogP contribution is -2.45. The van der Waals surface area contributed by atoms with Crippen LogP contribution in [0.5, 0.6) is 0 Å². The number of rotatable bonds is 2. The molecule has 100 valence electrons. The molecule has 0 aromatic heterocycles. The summed E-state index contributed by atoms with van der Waals surface area (Å²) in [5.41, 5.74) is -0.0454. The Morgan fingerprint density at radius 2 is 2.42 bits per heavy atom. The van der Waals surface area contributed by atoms with Gasteiger partial charge in [0.2, 0.25) is 0 Å². The van der Waals surface area contributed by atoms with Gasteiger partial charge in [0.25, 0.3) is 5.91 Å². The van der Waals surface area contributed by atoms with Gasteiger partial charge in [0.1, 0.15) is 18.0 Å². The summed E-state index contributed by atoms with van der Waals surface area (Å²) in [5.74, 6) is -1.16. The number of carbonyl (C=O) groups excluding carboxylic acids is 1. The van der Waals surface area contributed by atoms with Crippen LogP contribution in [0.2, 0.25) is 5.02 Å². The van der Waals surface area contributed by atoms with Crippen molar-refractivity contribution in [2.45, 2.75) is 6.10 Å². The van der Waals surface area contributed by atoms with E-state index in [4.69, 9.17) is 21.6 Å². The Kier molecular flexibility index (Phi) is 4.32. The monoisotopic (exact) mass is 283 g/mol. The van der Waals surface area contributed by atoms with Crippen LogP contribution in [0.15, 0.2) is 12.1 Å². The number of carbonyl (C=O) groups is 1. The third-order valence-corrected chi connectivity index (χ3v) is 2.97. The molecule has 1 fully saturated rings. The molecule has 1 saturated heterocycles. The Morgan fingerprint density at radius 1 is 1.63 bits per heavy atom. The van der Waals surface area contributed by atoms with Gasteiger partial charge in [0.15, 0.2) is 0 Å². The zero-order chi connectivity index (χ0) is 13.8. The number of benzene rings is 1. The number of amides is 1. The van der Waals surface area contributed by atoms with Crippen LogP contribution >= 0.6 is 11.6 Å². The van der Waals surface area contributed by atoms with Crippen molar-refractivity contribution >= 4 is 23.2 Å². The summed E-state index contributed by atoms with van der Waals surface area (Å²) in [7, 11) is 0. The van der Waals surface area contributed by atoms with Crippen LogP contribution < -0.4 is 10.6 Å². The summed E-state index contributed by atoms with van der Waals surface area (Å²) < 4.78 is 18.9. The van der Waals surface area contributed by atoms with Crippen LogP contribution in [0, 0.1) is 17.1 Å². The zero-order valence-electron chi connectivity index (χ0n) is 9.87. The summed E-state index contributed by atoms with van der Waals surface area (Å²) in [6.07, 6.45) is -0.664. The van der Waals surface area contributed by atoms with E-state index < -0.39 is 17.8 Å². The fourth-order valence-electron chi connectivity index (χ4n) is 1.68. The van der Waals surface area contributed by atoms with Crippen molar-refractivity contribution in [3.8, 4) is 6.07 Å². The van der Waals surface area contributed by atoms with E-state index in [2.05, 4.69) is 10.6 Å². The summed E-state index contributed by atoms with van der Waals surface area (Å²) in [4.78, 5) is 11.8. The molecule has 1 aliphatic rings. The molecule has 1 aromatic carbocycles. The predicted octanol–water partition coefficient (Wildman–Crippen LogP) is 1.28. The Hall–Kier alpha value is -1.68. The van der Waals surface area contributed by atoms with E-state index in [1.54, 1.807) is 6.07 Å². The highest BCUT2D eigenvalue weighted by Gasteiger charge is 2.23. The topological polar surface area (TPSA) is 74.2 Å². The first-order chi connectivity index (χ1) is 9.11. The predicted molar refractivity (Wildman–Crippen MR) is 67.4 cm³/mol. The van der Waals surface area contributed by atoms with Gasteiger partial charge < -0.3 is 15.4 Å². The number of morpholine rings is 1. The van der Waals surface area contributed by atoms with E-state index >= 15 is 0 Å². The van der Waals surface area contributed by atoms with E-state index in [1.807, 2.05) is 0 Å². The maximum absolute atomic E-state index is 13.7. The maximum Gasteiger partial charge on any atom is 0.254 e. The number of halogens is 2. The molecule has 1 amide bonds. The Labute approximate surface area is 114 Å². The number of ether oxygens (including phenoxy) is 1. The quantitative estimate of drug-likeness (QED) is 0.857. The zero-order valence-corrected chi connectivity index (χ0v) is 10.6. The van der Waals surface area contributed by atoms with Crippen molar-refractivity contribution in [1.29, 1.82) is 5.26 Å². The van der Waals surface area contributed by atoms with Gasteiger partial charge >= 0.3 is 0 Å². The minimum atomic E-state index is -0.710. The molecule has 0 saturated carbocycles. The first kappa shape index (κ1) is 13.7. The molecule has 2 N–H and O–H groups in total. The highest BCUT2D eigenvalue weighted by Crippen LogP contribution is 2.24. The average Bonchev–Trinajstić information content (AvgIpc) is 2.43. The molecular formula is C12H11ClFN3O2. The number of hydrogen-bond donors (Lipinski definition) is 2. The van der Waals surface area contributed by atoms with Crippen molar-refractivity contribution in [3.63, 3.8) is 0 Å². The molecule has 0 radical (unpaired) electrons. The molecule has 0 unspecified atom stereocenters. The van der Waals surface area contributed by atoms with Crippen LogP contribution in [-0.4, -0.2) is 31.7 Å². The molecule has 19 heavy (non-hydrogen) atoms. The number of nitrogens with one attached hydrogen (secondary N) is 2. The van der Waals surface area contributed by atoms with Crippen molar-refractivity contribution in [2.75, 3.05) is 25.0 Å². The largest absolute Gasteiger partial charge is 0.366 e. The maximum atomic E-state index is 13.7. The molecule has 2 rings (SSSR count). The van der Waals surface area contributed by atoms with Crippen LogP contribution in [0.1, 0.15) is 5.56 Å². The lowest BCUT2D eigenvalue weighted by Gasteiger charge is -2.22. The molecule has 1 aliphatic heterocycles. The average molecular weight is 284 g/mol. The summed E-state index contributed by atoms with van der Waals surface area (Å²) in [6.45, 7) is 1.48. The van der Waals surface area contributed by atoms with E-state index in [-0.39, 0.29) is 16.3 Å². The Balaban J connectivity index is 2.12. The minimum absolute atomic E-state index is 0.0211. The van der Waals surface area contributed by atoms with Gasteiger partial charge in [-0.15, -0.1) is 0 Å². The molecule has 0 bridgehead atoms. The highest BCUT2D eigenvalue weighted by atomic mass is 35.5. The number of anilines is 1. The summed E-state index contributed by atoms with van der Waals surface area (Å²) in [5, 5.41) is 14.2. The van der Waals surface area contributed by atoms with Gasteiger partial charge in [-0.3, -0.25) is 4.79 Å². The number of hydrogen-bond acceptors (Lipinski definition) is 4. The van der Waals surface area contributed by atoms with Crippen molar-refractivity contribution in [2.24, 2.45) is 0 Å². The van der Waals surface area contributed by atoms with Gasteiger partial charge in [-0.25, -0.2) is 4.39 Å². The van der Waals surface area contributed by atoms with Crippen molar-refractivity contribution < 1.29 is 13.9 Å². The van der Waals surface area contributed by atoms with E-state index in [1.165, 1.54) is 6.07 Å². The van der Waals surface area contributed by atoms with Crippen LogP contribution in [0.25, 0.3) is 0 Å². The Morgan fingerprint density at radius 3 is 3.05 bits per heavy atom. The van der Waals surface area contributed by atoms with Gasteiger partial charge in [-0.05, 0) is 12.1 Å². The van der Waals surface area contributed by atoms with E-state index in [0.717, 1.165) is 6.07 Å². The fourth-order valence-corrected chi connectivity index (χ4v) is 1.88. The second kappa shape index (κ2) is 5.97. The van der Waals surface area contributed by atoms with Gasteiger partial charge in [0.05, 0.1) is 22.9 Å². The SMILES string of the molecule is N#Cc1cc(F)c(NC(=O)[C@H]2CNCCO2)cc1Cl. The first-order valence-electron chi connectivity index (χ1n) is 5.64. The molecular weight excluding hydrogens is 273 g/mol. The minimum Gasteiger partial charge on any atom is -0.366 e. The van der Waals surface area contributed by atoms with Gasteiger partial charge in [-0.2, -0.15) is 5.26 Å². The molecule has 1 aromatic rings. The lowest BCUT2D eigenvalue weighted by atomic mass is 10.2. The normalized spacial score (nSPS) is 18.7. The molecule has 5 nitrogen and oxygen atoms in total. The van der Waals surface area contributed by atoms with Crippen LogP contribution in [0.3, 0.4) is 0 Å². The fraction of sp³-hybridized carbons (Fsp3) is 0.333. The van der Waals surface area contributed by atoms with Crippen LogP contribution in [0.4, 0.5) is 10.1 Å². The van der Waals surface area contributed by atoms with Gasteiger partial charge in [0, 0.05) is 13.1 Å². The molecule has 1 atom stereocenters. The first-order valence-corrected chi connectivity index (χ1v) is 6.02. The number of nitriles is 1. The van der Waals surface area contributed by atoms with Crippen molar-refractivity contribution in [3.05, 3.63) is 28.5 Å². The summed E-state index contributed by atoms with van der Waals surface area (Å²) in [6, 6.07) is 3.96. The van der Waals surface area contributed by atoms with E-state index in [9.17, 15) is 9.18 Å². The van der Waals surface area contributed by atoms with Crippen molar-refractivity contribution in [1.82, 2.24) is 5.32 Å². The lowest BCUT2D eigenvalue weighted by molar-refractivity contribution is -0.128. The second-order valence-electron chi connectivity index (χ2n) is 3.98. The van der Waals surface area contributed by atoms with Gasteiger partial charge in [-0.1, -0.05) is 11.6 Å². The molecule has 7 heteroatoms. The smallest absolute Gasteiger partial charge is 0.254 e. The van der Waals surface area contributed by atoms with E-state index in [0.29, 0.717) is 19.7 Å².